The van der Waals surface area contributed by atoms with Gasteiger partial charge in [-0.15, -0.1) is 0 Å². The molecule has 0 aromatic heterocycles. The van der Waals surface area contributed by atoms with E-state index in [1.54, 1.807) is 0 Å². The van der Waals surface area contributed by atoms with Crippen molar-refractivity contribution in [1.82, 2.24) is 0 Å². The van der Waals surface area contributed by atoms with E-state index in [0.29, 0.717) is 12.4 Å². The number of nitro benzene ring substituents is 1. The lowest BCUT2D eigenvalue weighted by molar-refractivity contribution is -0.387. The van der Waals surface area contributed by atoms with Crippen LogP contribution in [0.5, 0.6) is 5.75 Å². The van der Waals surface area contributed by atoms with Gasteiger partial charge in [0.25, 0.3) is 0 Å². The van der Waals surface area contributed by atoms with Crippen LogP contribution in [0.15, 0.2) is 18.2 Å². The minimum absolute atomic E-state index is 0.00935. The molecule has 2 fully saturated rings. The number of hydrogen-bond donors (Lipinski definition) is 0. The number of ether oxygens (including phenoxy) is 2. The fourth-order valence-corrected chi connectivity index (χ4v) is 2.90. The Morgan fingerprint density at radius 1 is 1.45 bits per heavy atom. The third-order valence-corrected chi connectivity index (χ3v) is 4.13. The average molecular weight is 281 g/mol. The highest BCUT2D eigenvalue weighted by molar-refractivity contribution is 5.38. The summed E-state index contributed by atoms with van der Waals surface area (Å²) in [6.07, 6.45) is 4.86. The van der Waals surface area contributed by atoms with Gasteiger partial charge >= 0.3 is 5.69 Å². The van der Waals surface area contributed by atoms with E-state index in [1.165, 1.54) is 12.5 Å². The summed E-state index contributed by atoms with van der Waals surface area (Å²) in [4.78, 5) is 9.82. The second-order valence-electron chi connectivity index (χ2n) is 5.49. The van der Waals surface area contributed by atoms with E-state index >= 15 is 0 Å². The van der Waals surface area contributed by atoms with Gasteiger partial charge in [-0.3, -0.25) is 10.1 Å². The molecule has 2 aliphatic rings. The van der Waals surface area contributed by atoms with Gasteiger partial charge in [-0.2, -0.15) is 4.39 Å². The number of halogens is 1. The van der Waals surface area contributed by atoms with Gasteiger partial charge in [0.05, 0.1) is 17.1 Å². The summed E-state index contributed by atoms with van der Waals surface area (Å²) in [5.41, 5.74) is -0.567. The monoisotopic (exact) mass is 281 g/mol. The standard InChI is InChI=1S/C14H16FNO4/c15-12-8-10(2-3-13(12)16(17)18)20-11-4-7-19-14(9-11)5-1-6-14/h2-3,8,11H,1,4-7,9H2. The van der Waals surface area contributed by atoms with Crippen LogP contribution in [0.25, 0.3) is 0 Å². The van der Waals surface area contributed by atoms with Gasteiger partial charge in [0.15, 0.2) is 0 Å². The van der Waals surface area contributed by atoms with Gasteiger partial charge < -0.3 is 9.47 Å². The van der Waals surface area contributed by atoms with E-state index in [4.69, 9.17) is 9.47 Å². The predicted octanol–water partition coefficient (Wildman–Crippen LogP) is 3.21. The molecule has 1 heterocycles. The fraction of sp³-hybridized carbons (Fsp3) is 0.571. The molecule has 1 aromatic carbocycles. The SMILES string of the molecule is O=[N+]([O-])c1ccc(OC2CCOC3(CCC3)C2)cc1F. The number of hydrogen-bond acceptors (Lipinski definition) is 4. The highest BCUT2D eigenvalue weighted by Gasteiger charge is 2.43. The lowest BCUT2D eigenvalue weighted by Crippen LogP contribution is -2.48. The molecule has 1 atom stereocenters. The van der Waals surface area contributed by atoms with Gasteiger partial charge in [-0.05, 0) is 25.3 Å². The molecule has 0 bridgehead atoms. The Balaban J connectivity index is 1.68. The van der Waals surface area contributed by atoms with Crippen molar-refractivity contribution in [2.24, 2.45) is 0 Å². The zero-order chi connectivity index (χ0) is 14.2. The summed E-state index contributed by atoms with van der Waals surface area (Å²) in [6, 6.07) is 3.67. The molecule has 0 N–H and O–H groups in total. The largest absolute Gasteiger partial charge is 0.490 e. The van der Waals surface area contributed by atoms with Crippen LogP contribution in [0, 0.1) is 15.9 Å². The van der Waals surface area contributed by atoms with E-state index in [0.717, 1.165) is 37.8 Å². The molecule has 3 rings (SSSR count). The molecule has 1 saturated heterocycles. The molecule has 1 aliphatic carbocycles. The van der Waals surface area contributed by atoms with Crippen LogP contribution in [0.1, 0.15) is 32.1 Å². The van der Waals surface area contributed by atoms with Crippen molar-refractivity contribution in [1.29, 1.82) is 0 Å². The van der Waals surface area contributed by atoms with Crippen molar-refractivity contribution in [2.45, 2.75) is 43.8 Å². The molecule has 6 heteroatoms. The summed E-state index contributed by atoms with van der Waals surface area (Å²) < 4.78 is 25.1. The minimum Gasteiger partial charge on any atom is -0.490 e. The van der Waals surface area contributed by atoms with Gasteiger partial charge in [0, 0.05) is 25.0 Å². The topological polar surface area (TPSA) is 61.6 Å². The van der Waals surface area contributed by atoms with Crippen LogP contribution >= 0.6 is 0 Å². The molecule has 20 heavy (non-hydrogen) atoms. The molecule has 1 unspecified atom stereocenters. The number of nitro groups is 1. The van der Waals surface area contributed by atoms with Crippen molar-refractivity contribution in [3.63, 3.8) is 0 Å². The molecule has 1 aromatic rings. The van der Waals surface area contributed by atoms with Crippen LogP contribution in [0.2, 0.25) is 0 Å². The highest BCUT2D eigenvalue weighted by Crippen LogP contribution is 2.43. The summed E-state index contributed by atoms with van der Waals surface area (Å²) in [5, 5.41) is 10.6. The van der Waals surface area contributed by atoms with Gasteiger partial charge in [0.2, 0.25) is 5.82 Å². The van der Waals surface area contributed by atoms with E-state index in [2.05, 4.69) is 0 Å². The lowest BCUT2D eigenvalue weighted by Gasteiger charge is -2.46. The summed E-state index contributed by atoms with van der Waals surface area (Å²) >= 11 is 0. The maximum absolute atomic E-state index is 13.5. The van der Waals surface area contributed by atoms with Crippen molar-refractivity contribution < 1.29 is 18.8 Å². The third kappa shape index (κ3) is 2.47. The lowest BCUT2D eigenvalue weighted by atomic mass is 9.74. The maximum Gasteiger partial charge on any atom is 0.305 e. The van der Waals surface area contributed by atoms with Crippen molar-refractivity contribution in [3.05, 3.63) is 34.1 Å². The zero-order valence-electron chi connectivity index (χ0n) is 11.0. The summed E-state index contributed by atoms with van der Waals surface area (Å²) in [7, 11) is 0. The smallest absolute Gasteiger partial charge is 0.305 e. The van der Waals surface area contributed by atoms with E-state index < -0.39 is 16.4 Å². The first-order valence-corrected chi connectivity index (χ1v) is 6.83. The quantitative estimate of drug-likeness (QED) is 0.630. The summed E-state index contributed by atoms with van der Waals surface area (Å²) in [6.45, 7) is 0.653. The van der Waals surface area contributed by atoms with Crippen molar-refractivity contribution in [2.75, 3.05) is 6.61 Å². The first kappa shape index (κ1) is 13.3. The number of rotatable bonds is 3. The van der Waals surface area contributed by atoms with Crippen LogP contribution in [-0.2, 0) is 4.74 Å². The highest BCUT2D eigenvalue weighted by atomic mass is 19.1. The molecule has 1 saturated carbocycles. The first-order valence-electron chi connectivity index (χ1n) is 6.83. The van der Waals surface area contributed by atoms with E-state index in [-0.39, 0.29) is 11.7 Å². The molecule has 0 radical (unpaired) electrons. The van der Waals surface area contributed by atoms with Crippen LogP contribution < -0.4 is 4.74 Å². The molecule has 1 aliphatic heterocycles. The molecule has 0 amide bonds. The number of nitrogens with zero attached hydrogens (tertiary/aromatic N) is 1. The normalized spacial score (nSPS) is 24.1. The molecule has 1 spiro atoms. The second-order valence-corrected chi connectivity index (χ2v) is 5.49. The van der Waals surface area contributed by atoms with E-state index in [1.807, 2.05) is 0 Å². The molecule has 108 valence electrons. The van der Waals surface area contributed by atoms with Crippen LogP contribution in [-0.4, -0.2) is 23.2 Å². The first-order chi connectivity index (χ1) is 9.58. The molecular weight excluding hydrogens is 265 g/mol. The Hall–Kier alpha value is -1.69. The molecule has 5 nitrogen and oxygen atoms in total. The van der Waals surface area contributed by atoms with Gasteiger partial charge in [0.1, 0.15) is 11.9 Å². The zero-order valence-corrected chi connectivity index (χ0v) is 11.0. The van der Waals surface area contributed by atoms with Crippen LogP contribution in [0.3, 0.4) is 0 Å². The van der Waals surface area contributed by atoms with Gasteiger partial charge in [-0.1, -0.05) is 0 Å². The Kier molecular flexibility index (Phi) is 3.33. The van der Waals surface area contributed by atoms with E-state index in [9.17, 15) is 14.5 Å². The average Bonchev–Trinajstić information content (AvgIpc) is 2.37. The fourth-order valence-electron chi connectivity index (χ4n) is 2.90. The molecular formula is C14H16FNO4. The Morgan fingerprint density at radius 3 is 2.85 bits per heavy atom. The Labute approximate surface area is 115 Å². The predicted molar refractivity (Wildman–Crippen MR) is 69.2 cm³/mol. The minimum atomic E-state index is -0.863. The number of benzene rings is 1. The third-order valence-electron chi connectivity index (χ3n) is 4.13. The summed E-state index contributed by atoms with van der Waals surface area (Å²) in [5.74, 6) is -0.521. The van der Waals surface area contributed by atoms with Crippen LogP contribution in [0.4, 0.5) is 10.1 Å². The van der Waals surface area contributed by atoms with Gasteiger partial charge in [-0.25, -0.2) is 0 Å². The maximum atomic E-state index is 13.5. The second kappa shape index (κ2) is 5.01. The van der Waals surface area contributed by atoms with Crippen molar-refractivity contribution in [3.8, 4) is 5.75 Å². The Morgan fingerprint density at radius 2 is 2.25 bits per heavy atom. The Bertz CT molecular complexity index is 530. The van der Waals surface area contributed by atoms with Crippen molar-refractivity contribution >= 4 is 5.69 Å².